The fourth-order valence-corrected chi connectivity index (χ4v) is 3.55. The molecule has 0 aliphatic carbocycles. The summed E-state index contributed by atoms with van der Waals surface area (Å²) in [6.07, 6.45) is 3.62. The minimum Gasteiger partial charge on any atom is -0.345 e. The Kier molecular flexibility index (Phi) is 5.95. The fourth-order valence-electron chi connectivity index (χ4n) is 3.30. The molecule has 2 fully saturated rings. The number of amides is 2. The van der Waals surface area contributed by atoms with Gasteiger partial charge in [-0.15, -0.1) is 12.4 Å². The van der Waals surface area contributed by atoms with Gasteiger partial charge < -0.3 is 19.7 Å². The minimum absolute atomic E-state index is 0. The molecule has 0 radical (unpaired) electrons. The molecule has 1 unspecified atom stereocenters. The molecule has 0 bridgehead atoms. The number of rotatable bonds is 2. The van der Waals surface area contributed by atoms with Crippen LogP contribution in [0.1, 0.15) is 23.3 Å². The Balaban J connectivity index is 0.00000192. The first-order valence-electron chi connectivity index (χ1n) is 7.67. The van der Waals surface area contributed by atoms with Gasteiger partial charge in [0.15, 0.2) is 0 Å². The van der Waals surface area contributed by atoms with E-state index in [1.165, 1.54) is 0 Å². The van der Waals surface area contributed by atoms with E-state index in [0.717, 1.165) is 32.5 Å². The molecule has 0 aromatic carbocycles. The topological polar surface area (TPSA) is 57.6 Å². The van der Waals surface area contributed by atoms with E-state index >= 15 is 0 Å². The number of nitrogens with zero attached hydrogens (tertiary/aromatic N) is 3. The standard InChI is InChI=1S/C15H21ClN4O2.ClH/c1-18-9-11(16)7-13(18)15(22)19-5-2-3-12(10-19)20-6-4-17-8-14(20)21;/h7,9,12,17H,2-6,8,10H2,1H3;1H. The number of nitrogens with one attached hydrogen (secondary N) is 1. The lowest BCUT2D eigenvalue weighted by molar-refractivity contribution is -0.135. The molecule has 2 amide bonds. The molecule has 23 heavy (non-hydrogen) atoms. The van der Waals surface area contributed by atoms with Crippen molar-refractivity contribution in [3.8, 4) is 0 Å². The van der Waals surface area contributed by atoms with Gasteiger partial charge in [-0.25, -0.2) is 0 Å². The summed E-state index contributed by atoms with van der Waals surface area (Å²) in [7, 11) is 1.82. The Hall–Kier alpha value is -1.24. The van der Waals surface area contributed by atoms with E-state index in [9.17, 15) is 9.59 Å². The van der Waals surface area contributed by atoms with Gasteiger partial charge in [-0.05, 0) is 18.9 Å². The zero-order chi connectivity index (χ0) is 15.7. The number of aromatic nitrogens is 1. The Morgan fingerprint density at radius 2 is 2.17 bits per heavy atom. The molecule has 0 spiro atoms. The molecule has 128 valence electrons. The Labute approximate surface area is 147 Å². The van der Waals surface area contributed by atoms with Gasteiger partial charge in [0.2, 0.25) is 5.91 Å². The molecule has 3 rings (SSSR count). The normalized spacial score (nSPS) is 22.0. The van der Waals surface area contributed by atoms with E-state index in [4.69, 9.17) is 11.6 Å². The first-order valence-corrected chi connectivity index (χ1v) is 8.05. The summed E-state index contributed by atoms with van der Waals surface area (Å²) in [4.78, 5) is 28.5. The van der Waals surface area contributed by atoms with E-state index < -0.39 is 0 Å². The number of hydrogen-bond acceptors (Lipinski definition) is 3. The highest BCUT2D eigenvalue weighted by molar-refractivity contribution is 6.31. The van der Waals surface area contributed by atoms with Crippen molar-refractivity contribution in [3.05, 3.63) is 23.0 Å². The number of aryl methyl sites for hydroxylation is 1. The van der Waals surface area contributed by atoms with Crippen LogP contribution in [0.4, 0.5) is 0 Å². The van der Waals surface area contributed by atoms with E-state index in [1.807, 2.05) is 16.8 Å². The second-order valence-electron chi connectivity index (χ2n) is 5.97. The van der Waals surface area contributed by atoms with Crippen molar-refractivity contribution in [2.75, 3.05) is 32.7 Å². The van der Waals surface area contributed by atoms with E-state index in [0.29, 0.717) is 23.8 Å². The van der Waals surface area contributed by atoms with Crippen LogP contribution in [-0.2, 0) is 11.8 Å². The van der Waals surface area contributed by atoms with Gasteiger partial charge in [0.25, 0.3) is 5.91 Å². The fraction of sp³-hybridized carbons (Fsp3) is 0.600. The van der Waals surface area contributed by atoms with Gasteiger partial charge in [-0.1, -0.05) is 11.6 Å². The van der Waals surface area contributed by atoms with Crippen LogP contribution in [0.3, 0.4) is 0 Å². The van der Waals surface area contributed by atoms with Crippen LogP contribution in [0.2, 0.25) is 5.02 Å². The quantitative estimate of drug-likeness (QED) is 0.860. The lowest BCUT2D eigenvalue weighted by Crippen LogP contribution is -2.57. The first kappa shape index (κ1) is 18.1. The molecule has 3 heterocycles. The summed E-state index contributed by atoms with van der Waals surface area (Å²) >= 11 is 5.97. The highest BCUT2D eigenvalue weighted by Gasteiger charge is 2.32. The lowest BCUT2D eigenvalue weighted by Gasteiger charge is -2.41. The van der Waals surface area contributed by atoms with Gasteiger partial charge >= 0.3 is 0 Å². The van der Waals surface area contributed by atoms with Crippen molar-refractivity contribution in [1.29, 1.82) is 0 Å². The van der Waals surface area contributed by atoms with Gasteiger partial charge in [-0.2, -0.15) is 0 Å². The monoisotopic (exact) mass is 360 g/mol. The second kappa shape index (κ2) is 7.55. The van der Waals surface area contributed by atoms with Crippen LogP contribution >= 0.6 is 24.0 Å². The third-order valence-corrected chi connectivity index (χ3v) is 4.65. The van der Waals surface area contributed by atoms with E-state index in [1.54, 1.807) is 16.8 Å². The SMILES string of the molecule is Cl.Cn1cc(Cl)cc1C(=O)N1CCCC(N2CCNCC2=O)C1. The number of piperazine rings is 1. The summed E-state index contributed by atoms with van der Waals surface area (Å²) in [6.45, 7) is 3.29. The van der Waals surface area contributed by atoms with Crippen molar-refractivity contribution >= 4 is 35.8 Å². The Morgan fingerprint density at radius 3 is 2.83 bits per heavy atom. The van der Waals surface area contributed by atoms with Crippen molar-refractivity contribution < 1.29 is 9.59 Å². The van der Waals surface area contributed by atoms with E-state index in [-0.39, 0.29) is 30.3 Å². The maximum Gasteiger partial charge on any atom is 0.270 e. The lowest BCUT2D eigenvalue weighted by atomic mass is 10.0. The third-order valence-electron chi connectivity index (χ3n) is 4.44. The molecule has 8 heteroatoms. The number of hydrogen-bond donors (Lipinski definition) is 1. The molecular formula is C15H22Cl2N4O2. The summed E-state index contributed by atoms with van der Waals surface area (Å²) < 4.78 is 1.75. The molecule has 2 saturated heterocycles. The predicted molar refractivity (Wildman–Crippen MR) is 91.2 cm³/mol. The molecule has 2 aliphatic rings. The number of carbonyl (C=O) groups excluding carboxylic acids is 2. The maximum absolute atomic E-state index is 12.7. The highest BCUT2D eigenvalue weighted by Crippen LogP contribution is 2.21. The first-order chi connectivity index (χ1) is 10.6. The van der Waals surface area contributed by atoms with Crippen LogP contribution in [0.15, 0.2) is 12.3 Å². The van der Waals surface area contributed by atoms with E-state index in [2.05, 4.69) is 5.32 Å². The average Bonchev–Trinajstić information content (AvgIpc) is 2.86. The molecular weight excluding hydrogens is 339 g/mol. The van der Waals surface area contributed by atoms with Crippen molar-refractivity contribution in [3.63, 3.8) is 0 Å². The number of piperidine rings is 1. The van der Waals surface area contributed by atoms with Crippen molar-refractivity contribution in [2.24, 2.45) is 7.05 Å². The van der Waals surface area contributed by atoms with Gasteiger partial charge in [-0.3, -0.25) is 9.59 Å². The van der Waals surface area contributed by atoms with Crippen LogP contribution < -0.4 is 5.32 Å². The van der Waals surface area contributed by atoms with Crippen molar-refractivity contribution in [2.45, 2.75) is 18.9 Å². The molecule has 0 saturated carbocycles. The molecule has 1 atom stereocenters. The Bertz CT molecular complexity index is 590. The smallest absolute Gasteiger partial charge is 0.270 e. The number of halogens is 2. The van der Waals surface area contributed by atoms with Gasteiger partial charge in [0, 0.05) is 45.5 Å². The van der Waals surface area contributed by atoms with Crippen LogP contribution in [0.5, 0.6) is 0 Å². The Morgan fingerprint density at radius 1 is 1.39 bits per heavy atom. The maximum atomic E-state index is 12.7. The van der Waals surface area contributed by atoms with Gasteiger partial charge in [0.05, 0.1) is 11.6 Å². The molecule has 1 aromatic rings. The zero-order valence-corrected chi connectivity index (χ0v) is 14.7. The molecule has 6 nitrogen and oxygen atoms in total. The molecule has 1 aromatic heterocycles. The molecule has 2 aliphatic heterocycles. The highest BCUT2D eigenvalue weighted by atomic mass is 35.5. The zero-order valence-electron chi connectivity index (χ0n) is 13.1. The van der Waals surface area contributed by atoms with Crippen LogP contribution in [0, 0.1) is 0 Å². The number of likely N-dealkylation sites (tertiary alicyclic amines) is 1. The second-order valence-corrected chi connectivity index (χ2v) is 6.40. The average molecular weight is 361 g/mol. The predicted octanol–water partition coefficient (Wildman–Crippen LogP) is 1.14. The summed E-state index contributed by atoms with van der Waals surface area (Å²) in [6, 6.07) is 1.83. The molecule has 1 N–H and O–H groups in total. The largest absolute Gasteiger partial charge is 0.345 e. The summed E-state index contributed by atoms with van der Waals surface area (Å²) in [5.41, 5.74) is 0.595. The summed E-state index contributed by atoms with van der Waals surface area (Å²) in [5, 5.41) is 3.65. The van der Waals surface area contributed by atoms with Crippen molar-refractivity contribution in [1.82, 2.24) is 19.7 Å². The third kappa shape index (κ3) is 3.82. The summed E-state index contributed by atoms with van der Waals surface area (Å²) in [5.74, 6) is 0.120. The van der Waals surface area contributed by atoms with Crippen LogP contribution in [-0.4, -0.2) is 64.9 Å². The minimum atomic E-state index is -0.0123. The van der Waals surface area contributed by atoms with Gasteiger partial charge in [0.1, 0.15) is 5.69 Å². The van der Waals surface area contributed by atoms with Crippen LogP contribution in [0.25, 0.3) is 0 Å². The number of carbonyl (C=O) groups is 2.